The Morgan fingerprint density at radius 2 is 1.86 bits per heavy atom. The van der Waals surface area contributed by atoms with E-state index in [1.54, 1.807) is 6.92 Å². The molecule has 1 N–H and O–H groups in total. The fourth-order valence-corrected chi connectivity index (χ4v) is 2.90. The van der Waals surface area contributed by atoms with Gasteiger partial charge in [0, 0.05) is 7.11 Å². The van der Waals surface area contributed by atoms with E-state index in [9.17, 15) is 18.0 Å². The molecule has 1 atom stereocenters. The quantitative estimate of drug-likeness (QED) is 0.776. The van der Waals surface area contributed by atoms with Gasteiger partial charge in [0.25, 0.3) is 15.9 Å². The predicted octanol–water partition coefficient (Wildman–Crippen LogP) is 0.703. The predicted molar refractivity (Wildman–Crippen MR) is 74.2 cm³/mol. The lowest BCUT2D eigenvalue weighted by molar-refractivity contribution is -0.129. The molecule has 0 saturated carbocycles. The van der Waals surface area contributed by atoms with Gasteiger partial charge in [0.05, 0.1) is 12.7 Å². The van der Waals surface area contributed by atoms with E-state index >= 15 is 0 Å². The van der Waals surface area contributed by atoms with E-state index < -0.39 is 28.0 Å². The van der Waals surface area contributed by atoms with E-state index in [0.29, 0.717) is 6.42 Å². The number of hydrogen-bond acceptors (Lipinski definition) is 6. The lowest BCUT2D eigenvalue weighted by Gasteiger charge is -2.14. The molecule has 116 valence electrons. The van der Waals surface area contributed by atoms with E-state index in [4.69, 9.17) is 4.74 Å². The highest BCUT2D eigenvalue weighted by atomic mass is 32.2. The highest BCUT2D eigenvalue weighted by Gasteiger charge is 2.27. The molecular formula is C13H17NO6S. The zero-order valence-corrected chi connectivity index (χ0v) is 12.8. The molecule has 21 heavy (non-hydrogen) atoms. The van der Waals surface area contributed by atoms with Crippen molar-refractivity contribution in [3.63, 3.8) is 0 Å². The maximum Gasteiger partial charge on any atom is 0.339 e. The molecule has 0 aliphatic rings. The number of sulfonamides is 1. The van der Waals surface area contributed by atoms with Gasteiger partial charge in [0.15, 0.2) is 0 Å². The second kappa shape index (κ2) is 7.19. The number of carbonyl (C=O) groups is 2. The summed E-state index contributed by atoms with van der Waals surface area (Å²) in [4.78, 5) is 23.1. The van der Waals surface area contributed by atoms with Gasteiger partial charge in [-0.15, -0.1) is 0 Å². The highest BCUT2D eigenvalue weighted by Crippen LogP contribution is 2.16. The van der Waals surface area contributed by atoms with Crippen LogP contribution in [0.25, 0.3) is 0 Å². The summed E-state index contributed by atoms with van der Waals surface area (Å²) in [6.45, 7) is 1.68. The number of esters is 1. The third-order valence-electron chi connectivity index (χ3n) is 2.76. The first kappa shape index (κ1) is 17.1. The van der Waals surface area contributed by atoms with E-state index in [2.05, 4.69) is 4.74 Å². The Hall–Kier alpha value is -1.93. The molecule has 0 aromatic heterocycles. The van der Waals surface area contributed by atoms with E-state index in [0.717, 1.165) is 7.11 Å². The molecule has 1 aromatic rings. The van der Waals surface area contributed by atoms with Gasteiger partial charge in [-0.25, -0.2) is 17.9 Å². The molecule has 0 fully saturated rings. The standard InChI is InChI=1S/C13H17NO6S/c1-4-10(19-2)12(15)14-21(17,18)11-8-6-5-7-9(11)13(16)20-3/h5-8,10H,4H2,1-3H3,(H,14,15)/t10-/m1/s1. The number of benzene rings is 1. The van der Waals surface area contributed by atoms with E-state index in [1.807, 2.05) is 4.72 Å². The molecule has 7 nitrogen and oxygen atoms in total. The van der Waals surface area contributed by atoms with Crippen LogP contribution in [0.15, 0.2) is 29.2 Å². The largest absolute Gasteiger partial charge is 0.465 e. The Morgan fingerprint density at radius 3 is 2.38 bits per heavy atom. The summed E-state index contributed by atoms with van der Waals surface area (Å²) in [5.74, 6) is -1.60. The monoisotopic (exact) mass is 315 g/mol. The molecular weight excluding hydrogens is 298 g/mol. The average molecular weight is 315 g/mol. The first-order valence-corrected chi connectivity index (χ1v) is 7.62. The van der Waals surface area contributed by atoms with Crippen molar-refractivity contribution in [1.29, 1.82) is 0 Å². The second-order valence-electron chi connectivity index (χ2n) is 4.09. The van der Waals surface area contributed by atoms with Crippen molar-refractivity contribution in [3.05, 3.63) is 29.8 Å². The van der Waals surface area contributed by atoms with E-state index in [-0.39, 0.29) is 10.5 Å². The maximum absolute atomic E-state index is 12.2. The summed E-state index contributed by atoms with van der Waals surface area (Å²) in [5, 5.41) is 0. The normalized spacial score (nSPS) is 12.5. The van der Waals surface area contributed by atoms with Crippen LogP contribution in [0, 0.1) is 0 Å². The number of rotatable bonds is 6. The van der Waals surface area contributed by atoms with Crippen LogP contribution in [-0.4, -0.2) is 40.6 Å². The van der Waals surface area contributed by atoms with Crippen molar-refractivity contribution in [2.75, 3.05) is 14.2 Å². The number of carbonyl (C=O) groups excluding carboxylic acids is 2. The van der Waals surface area contributed by atoms with Gasteiger partial charge in [-0.3, -0.25) is 4.79 Å². The molecule has 0 saturated heterocycles. The molecule has 0 spiro atoms. The van der Waals surface area contributed by atoms with Crippen LogP contribution in [0.4, 0.5) is 0 Å². The van der Waals surface area contributed by atoms with Crippen molar-refractivity contribution < 1.29 is 27.5 Å². The molecule has 1 amide bonds. The van der Waals surface area contributed by atoms with Gasteiger partial charge < -0.3 is 9.47 Å². The van der Waals surface area contributed by atoms with Crippen molar-refractivity contribution in [2.24, 2.45) is 0 Å². The van der Waals surface area contributed by atoms with Crippen molar-refractivity contribution in [3.8, 4) is 0 Å². The minimum Gasteiger partial charge on any atom is -0.465 e. The minimum atomic E-state index is -4.19. The Morgan fingerprint density at radius 1 is 1.24 bits per heavy atom. The maximum atomic E-state index is 12.2. The summed E-state index contributed by atoms with van der Waals surface area (Å²) in [6.07, 6.45) is -0.568. The smallest absolute Gasteiger partial charge is 0.339 e. The third kappa shape index (κ3) is 4.02. The van der Waals surface area contributed by atoms with Crippen LogP contribution >= 0.6 is 0 Å². The van der Waals surface area contributed by atoms with Gasteiger partial charge in [-0.2, -0.15) is 0 Å². The van der Waals surface area contributed by atoms with Crippen LogP contribution in [0.5, 0.6) is 0 Å². The van der Waals surface area contributed by atoms with Gasteiger partial charge >= 0.3 is 5.97 Å². The zero-order valence-electron chi connectivity index (χ0n) is 12.0. The van der Waals surface area contributed by atoms with E-state index in [1.165, 1.54) is 31.4 Å². The first-order valence-electron chi connectivity index (χ1n) is 6.14. The highest BCUT2D eigenvalue weighted by molar-refractivity contribution is 7.90. The summed E-state index contributed by atoms with van der Waals surface area (Å²) in [7, 11) is -1.74. The lowest BCUT2D eigenvalue weighted by Crippen LogP contribution is -2.39. The average Bonchev–Trinajstić information content (AvgIpc) is 2.47. The number of nitrogens with one attached hydrogen (secondary N) is 1. The van der Waals surface area contributed by atoms with Crippen LogP contribution in [0.2, 0.25) is 0 Å². The van der Waals surface area contributed by atoms with Crippen molar-refractivity contribution in [2.45, 2.75) is 24.3 Å². The zero-order chi connectivity index (χ0) is 16.0. The SMILES string of the molecule is CC[C@@H](OC)C(=O)NS(=O)(=O)c1ccccc1C(=O)OC. The molecule has 1 rings (SSSR count). The summed E-state index contributed by atoms with van der Waals surface area (Å²) >= 11 is 0. The Labute approximate surface area is 123 Å². The Bertz CT molecular complexity index is 621. The second-order valence-corrected chi connectivity index (χ2v) is 5.74. The number of ether oxygens (including phenoxy) is 2. The number of methoxy groups -OCH3 is 2. The van der Waals surface area contributed by atoms with Gasteiger partial charge in [-0.05, 0) is 18.6 Å². The topological polar surface area (TPSA) is 98.8 Å². The van der Waals surface area contributed by atoms with Gasteiger partial charge in [-0.1, -0.05) is 19.1 Å². The third-order valence-corrected chi connectivity index (χ3v) is 4.17. The Kier molecular flexibility index (Phi) is 5.86. The fraction of sp³-hybridized carbons (Fsp3) is 0.385. The molecule has 0 aliphatic heterocycles. The molecule has 8 heteroatoms. The summed E-state index contributed by atoms with van der Waals surface area (Å²) in [5.41, 5.74) is -0.147. The first-order chi connectivity index (χ1) is 9.87. The summed E-state index contributed by atoms with van der Waals surface area (Å²) in [6, 6.07) is 5.46. The fourth-order valence-electron chi connectivity index (χ4n) is 1.69. The number of hydrogen-bond donors (Lipinski definition) is 1. The van der Waals surface area contributed by atoms with Crippen LogP contribution in [0.3, 0.4) is 0 Å². The van der Waals surface area contributed by atoms with Gasteiger partial charge in [0.2, 0.25) is 0 Å². The van der Waals surface area contributed by atoms with Crippen LogP contribution in [0.1, 0.15) is 23.7 Å². The summed E-state index contributed by atoms with van der Waals surface area (Å²) < 4.78 is 35.7. The van der Waals surface area contributed by atoms with Crippen LogP contribution in [-0.2, 0) is 24.3 Å². The van der Waals surface area contributed by atoms with Crippen molar-refractivity contribution >= 4 is 21.9 Å². The van der Waals surface area contributed by atoms with Crippen molar-refractivity contribution in [1.82, 2.24) is 4.72 Å². The molecule has 0 heterocycles. The molecule has 0 aliphatic carbocycles. The molecule has 0 bridgehead atoms. The van der Waals surface area contributed by atoms with Gasteiger partial charge in [0.1, 0.15) is 11.0 Å². The molecule has 1 aromatic carbocycles. The minimum absolute atomic E-state index is 0.147. The molecule has 0 unspecified atom stereocenters. The number of amides is 1. The Balaban J connectivity index is 3.15. The molecule has 0 radical (unpaired) electrons. The lowest BCUT2D eigenvalue weighted by atomic mass is 10.2. The van der Waals surface area contributed by atoms with Crippen LogP contribution < -0.4 is 4.72 Å².